The van der Waals surface area contributed by atoms with E-state index in [0.717, 1.165) is 44.6 Å². The highest BCUT2D eigenvalue weighted by Crippen LogP contribution is 2.17. The number of aryl methyl sites for hydroxylation is 2. The Morgan fingerprint density at radius 1 is 1.48 bits per heavy atom. The monoisotopic (exact) mass is 346 g/mol. The third kappa shape index (κ3) is 4.67. The molecule has 1 aliphatic heterocycles. The molecule has 8 nitrogen and oxygen atoms in total. The smallest absolute Gasteiger partial charge is 0.272 e. The zero-order chi connectivity index (χ0) is 17.6. The van der Waals surface area contributed by atoms with Crippen molar-refractivity contribution in [3.63, 3.8) is 0 Å². The maximum Gasteiger partial charge on any atom is 0.272 e. The van der Waals surface area contributed by atoms with E-state index in [2.05, 4.69) is 20.3 Å². The summed E-state index contributed by atoms with van der Waals surface area (Å²) in [6.45, 7) is 4.06. The number of carbonyl (C=O) groups excluding carboxylic acids is 1. The molecule has 2 aromatic heterocycles. The topological polar surface area (TPSA) is 77.2 Å². The van der Waals surface area contributed by atoms with Gasteiger partial charge in [-0.3, -0.25) is 14.4 Å². The van der Waals surface area contributed by atoms with Gasteiger partial charge in [0.15, 0.2) is 5.69 Å². The van der Waals surface area contributed by atoms with Crippen LogP contribution in [0.2, 0.25) is 0 Å². The lowest BCUT2D eigenvalue weighted by atomic mass is 10.2. The minimum Gasteiger partial charge on any atom is -0.380 e. The largest absolute Gasteiger partial charge is 0.380 e. The number of ether oxygens (including phenoxy) is 1. The fourth-order valence-electron chi connectivity index (χ4n) is 3.18. The second-order valence-electron chi connectivity index (χ2n) is 6.47. The van der Waals surface area contributed by atoms with Gasteiger partial charge in [0.1, 0.15) is 0 Å². The molecule has 8 heteroatoms. The van der Waals surface area contributed by atoms with Crippen molar-refractivity contribution < 1.29 is 9.53 Å². The quantitative estimate of drug-likeness (QED) is 0.711. The third-order valence-electron chi connectivity index (χ3n) is 4.51. The Morgan fingerprint density at radius 3 is 3.08 bits per heavy atom. The lowest BCUT2D eigenvalue weighted by molar-refractivity contribution is 0.0944. The number of methoxy groups -OCH3 is 1. The second-order valence-corrected chi connectivity index (χ2v) is 6.47. The molecule has 3 heterocycles. The molecule has 0 bridgehead atoms. The fraction of sp³-hybridized carbons (Fsp3) is 0.588. The Balaban J connectivity index is 1.51. The van der Waals surface area contributed by atoms with Crippen molar-refractivity contribution in [2.45, 2.75) is 32.0 Å². The summed E-state index contributed by atoms with van der Waals surface area (Å²) in [7, 11) is 3.60. The molecule has 2 aromatic rings. The van der Waals surface area contributed by atoms with Crippen LogP contribution >= 0.6 is 0 Å². The summed E-state index contributed by atoms with van der Waals surface area (Å²) in [5.74, 6) is -0.108. The third-order valence-corrected chi connectivity index (χ3v) is 4.51. The van der Waals surface area contributed by atoms with E-state index in [1.807, 2.05) is 24.0 Å². The van der Waals surface area contributed by atoms with Crippen molar-refractivity contribution in [2.24, 2.45) is 7.05 Å². The number of hydrogen-bond acceptors (Lipinski definition) is 5. The number of amides is 1. The molecule has 1 N–H and O–H groups in total. The van der Waals surface area contributed by atoms with Gasteiger partial charge in [-0.1, -0.05) is 0 Å². The molecule has 1 unspecified atom stereocenters. The number of nitrogens with one attached hydrogen (secondary N) is 1. The van der Waals surface area contributed by atoms with Crippen LogP contribution < -0.4 is 5.32 Å². The highest BCUT2D eigenvalue weighted by atomic mass is 16.5. The lowest BCUT2D eigenvalue weighted by Gasteiger charge is -2.15. The molecule has 1 amide bonds. The van der Waals surface area contributed by atoms with Gasteiger partial charge in [0.05, 0.1) is 12.4 Å². The summed E-state index contributed by atoms with van der Waals surface area (Å²) in [5.41, 5.74) is 1.48. The summed E-state index contributed by atoms with van der Waals surface area (Å²) in [4.78, 5) is 18.8. The molecule has 25 heavy (non-hydrogen) atoms. The Hall–Kier alpha value is -2.19. The van der Waals surface area contributed by atoms with Crippen LogP contribution in [0.1, 0.15) is 28.9 Å². The van der Waals surface area contributed by atoms with Gasteiger partial charge in [0.2, 0.25) is 0 Å². The SMILES string of the molecule is COC1CCN(Cc2cn(C)nc2C(=O)NCCCn2ccnc2)C1. The fourth-order valence-corrected chi connectivity index (χ4v) is 3.18. The van der Waals surface area contributed by atoms with Gasteiger partial charge in [0, 0.05) is 71.0 Å². The molecular weight excluding hydrogens is 320 g/mol. The van der Waals surface area contributed by atoms with Crippen LogP contribution in [0.15, 0.2) is 24.9 Å². The van der Waals surface area contributed by atoms with Gasteiger partial charge < -0.3 is 14.6 Å². The van der Waals surface area contributed by atoms with Crippen LogP contribution in [0.5, 0.6) is 0 Å². The number of rotatable bonds is 8. The first kappa shape index (κ1) is 17.6. The molecule has 0 spiro atoms. The average molecular weight is 346 g/mol. The van der Waals surface area contributed by atoms with E-state index in [-0.39, 0.29) is 12.0 Å². The van der Waals surface area contributed by atoms with E-state index in [0.29, 0.717) is 12.2 Å². The van der Waals surface area contributed by atoms with Crippen molar-refractivity contribution in [1.82, 2.24) is 29.5 Å². The summed E-state index contributed by atoms with van der Waals surface area (Å²) in [5, 5.41) is 7.32. The van der Waals surface area contributed by atoms with Crippen molar-refractivity contribution in [3.05, 3.63) is 36.2 Å². The number of hydrogen-bond donors (Lipinski definition) is 1. The first-order chi connectivity index (χ1) is 12.2. The molecule has 0 aromatic carbocycles. The summed E-state index contributed by atoms with van der Waals surface area (Å²) in [6.07, 6.45) is 9.56. The van der Waals surface area contributed by atoms with E-state index < -0.39 is 0 Å². The summed E-state index contributed by atoms with van der Waals surface area (Å²) >= 11 is 0. The summed E-state index contributed by atoms with van der Waals surface area (Å²) < 4.78 is 9.12. The second kappa shape index (κ2) is 8.26. The van der Waals surface area contributed by atoms with Gasteiger partial charge in [0.25, 0.3) is 5.91 Å². The lowest BCUT2D eigenvalue weighted by Crippen LogP contribution is -2.28. The minimum absolute atomic E-state index is 0.108. The standard InChI is InChI=1S/C17H26N6O2/c1-21-10-14(11-23-8-4-15(12-23)25-2)16(20-21)17(24)19-5-3-7-22-9-6-18-13-22/h6,9-10,13,15H,3-5,7-8,11-12H2,1-2H3,(H,19,24). The van der Waals surface area contributed by atoms with Crippen molar-refractivity contribution in [3.8, 4) is 0 Å². The Kier molecular flexibility index (Phi) is 5.83. The zero-order valence-electron chi connectivity index (χ0n) is 14.9. The van der Waals surface area contributed by atoms with Crippen molar-refractivity contribution >= 4 is 5.91 Å². The molecule has 0 saturated carbocycles. The van der Waals surface area contributed by atoms with Crippen LogP contribution in [-0.4, -0.2) is 63.0 Å². The van der Waals surface area contributed by atoms with E-state index in [1.165, 1.54) is 0 Å². The Morgan fingerprint density at radius 2 is 2.36 bits per heavy atom. The predicted molar refractivity (Wildman–Crippen MR) is 93.1 cm³/mol. The highest BCUT2D eigenvalue weighted by molar-refractivity contribution is 5.93. The molecule has 3 rings (SSSR count). The number of aromatic nitrogens is 4. The number of imidazole rings is 1. The molecule has 1 atom stereocenters. The van der Waals surface area contributed by atoms with Gasteiger partial charge in [-0.25, -0.2) is 4.98 Å². The first-order valence-electron chi connectivity index (χ1n) is 8.67. The van der Waals surface area contributed by atoms with Crippen LogP contribution in [-0.2, 0) is 24.9 Å². The molecule has 136 valence electrons. The average Bonchev–Trinajstić information content (AvgIpc) is 3.33. The number of carbonyl (C=O) groups is 1. The highest BCUT2D eigenvalue weighted by Gasteiger charge is 2.24. The molecule has 0 aliphatic carbocycles. The first-order valence-corrected chi connectivity index (χ1v) is 8.67. The van der Waals surface area contributed by atoms with E-state index >= 15 is 0 Å². The minimum atomic E-state index is -0.108. The van der Waals surface area contributed by atoms with Crippen LogP contribution in [0.4, 0.5) is 0 Å². The van der Waals surface area contributed by atoms with E-state index in [1.54, 1.807) is 24.3 Å². The maximum absolute atomic E-state index is 12.5. The van der Waals surface area contributed by atoms with E-state index in [4.69, 9.17) is 4.74 Å². The normalized spacial score (nSPS) is 17.9. The van der Waals surface area contributed by atoms with Gasteiger partial charge in [-0.2, -0.15) is 5.10 Å². The van der Waals surface area contributed by atoms with E-state index in [9.17, 15) is 4.79 Å². The van der Waals surface area contributed by atoms with Gasteiger partial charge in [-0.15, -0.1) is 0 Å². The van der Waals surface area contributed by atoms with Crippen LogP contribution in [0.3, 0.4) is 0 Å². The zero-order valence-corrected chi connectivity index (χ0v) is 14.9. The Bertz CT molecular complexity index is 681. The molecule has 1 saturated heterocycles. The maximum atomic E-state index is 12.5. The van der Waals surface area contributed by atoms with Crippen molar-refractivity contribution in [1.29, 1.82) is 0 Å². The molecule has 0 radical (unpaired) electrons. The molecule has 1 fully saturated rings. The number of likely N-dealkylation sites (tertiary alicyclic amines) is 1. The molecule has 1 aliphatic rings. The predicted octanol–water partition coefficient (Wildman–Crippen LogP) is 0.657. The summed E-state index contributed by atoms with van der Waals surface area (Å²) in [6, 6.07) is 0. The van der Waals surface area contributed by atoms with Crippen LogP contribution in [0.25, 0.3) is 0 Å². The Labute approximate surface area is 147 Å². The van der Waals surface area contributed by atoms with Gasteiger partial charge >= 0.3 is 0 Å². The van der Waals surface area contributed by atoms with Crippen molar-refractivity contribution in [2.75, 3.05) is 26.7 Å². The van der Waals surface area contributed by atoms with Gasteiger partial charge in [-0.05, 0) is 12.8 Å². The molecular formula is C17H26N6O2. The van der Waals surface area contributed by atoms with Crippen LogP contribution in [0, 0.1) is 0 Å². The number of nitrogens with zero attached hydrogens (tertiary/aromatic N) is 5.